The van der Waals surface area contributed by atoms with E-state index in [2.05, 4.69) is 12.1 Å². The summed E-state index contributed by atoms with van der Waals surface area (Å²) in [6.07, 6.45) is 2.17. The maximum Gasteiger partial charge on any atom is 0.0267 e. The van der Waals surface area contributed by atoms with Gasteiger partial charge in [-0.3, -0.25) is 0 Å². The van der Waals surface area contributed by atoms with Crippen molar-refractivity contribution in [2.24, 2.45) is 0 Å². The van der Waals surface area contributed by atoms with E-state index in [9.17, 15) is 0 Å². The van der Waals surface area contributed by atoms with E-state index in [4.69, 9.17) is 2.74 Å². The maximum atomic E-state index is 7.71. The van der Waals surface area contributed by atoms with E-state index in [1.54, 1.807) is 0 Å². The molecule has 1 aliphatic rings. The molecule has 0 unspecified atom stereocenters. The number of hydrogen-bond acceptors (Lipinski definition) is 0. The highest BCUT2D eigenvalue weighted by Gasteiger charge is 2.05. The van der Waals surface area contributed by atoms with Gasteiger partial charge in [0.25, 0.3) is 0 Å². The van der Waals surface area contributed by atoms with Gasteiger partial charge in [-0.25, -0.2) is 0 Å². The lowest BCUT2D eigenvalue weighted by atomic mass is 10.0. The first-order valence-corrected chi connectivity index (χ1v) is 4.24. The minimum atomic E-state index is -0.959. The fourth-order valence-electron chi connectivity index (χ4n) is 1.62. The van der Waals surface area contributed by atoms with Gasteiger partial charge < -0.3 is 0 Å². The van der Waals surface area contributed by atoms with Crippen molar-refractivity contribution in [2.75, 3.05) is 0 Å². The number of fused-ring (bicyclic) bond motifs is 1. The Hall–Kier alpha value is -0.780. The van der Waals surface area contributed by atoms with Gasteiger partial charge in [-0.1, -0.05) is 30.6 Å². The molecule has 0 aliphatic heterocycles. The maximum absolute atomic E-state index is 7.71. The summed E-state index contributed by atoms with van der Waals surface area (Å²) in [5.74, 6) is 0. The van der Waals surface area contributed by atoms with Crippen LogP contribution in [-0.2, 0) is 12.8 Å². The normalized spacial score (nSPS) is 24.4. The van der Waals surface area contributed by atoms with Gasteiger partial charge >= 0.3 is 0 Å². The Morgan fingerprint density at radius 2 is 1.55 bits per heavy atom. The molecule has 0 atom stereocenters. The molecule has 2 rings (SSSR count). The SMILES string of the molecule is [2H]C1([2H])CCc2ccccc2CC1. The number of hydrogen-bond donors (Lipinski definition) is 0. The zero-order chi connectivity index (χ0) is 9.31. The molecular weight excluding hydrogens is 132 g/mol. The molecule has 0 aromatic heterocycles. The third-order valence-electron chi connectivity index (χ3n) is 2.26. The van der Waals surface area contributed by atoms with Gasteiger partial charge in [-0.2, -0.15) is 0 Å². The molecule has 0 heteroatoms. The second-order valence-corrected chi connectivity index (χ2v) is 3.02. The van der Waals surface area contributed by atoms with Crippen LogP contribution in [-0.4, -0.2) is 0 Å². The van der Waals surface area contributed by atoms with E-state index in [0.717, 1.165) is 12.8 Å². The van der Waals surface area contributed by atoms with Gasteiger partial charge in [0.2, 0.25) is 0 Å². The smallest absolute Gasteiger partial charge is 0.0267 e. The summed E-state index contributed by atoms with van der Waals surface area (Å²) in [4.78, 5) is 0. The van der Waals surface area contributed by atoms with Crippen molar-refractivity contribution in [3.05, 3.63) is 35.4 Å². The molecule has 1 aromatic carbocycles. The molecule has 1 aromatic rings. The summed E-state index contributed by atoms with van der Waals surface area (Å²) >= 11 is 0. The Kier molecular flexibility index (Phi) is 1.39. The molecule has 0 spiro atoms. The van der Waals surface area contributed by atoms with Gasteiger partial charge in [0.05, 0.1) is 0 Å². The van der Waals surface area contributed by atoms with Gasteiger partial charge in [0.15, 0.2) is 0 Å². The first-order chi connectivity index (χ1) is 6.17. The molecule has 0 saturated carbocycles. The minimum absolute atomic E-state index is 0.671. The first-order valence-electron chi connectivity index (χ1n) is 5.24. The quantitative estimate of drug-likeness (QED) is 0.496. The van der Waals surface area contributed by atoms with Crippen LogP contribution in [0.1, 0.15) is 33.1 Å². The van der Waals surface area contributed by atoms with Crippen molar-refractivity contribution in [1.82, 2.24) is 0 Å². The van der Waals surface area contributed by atoms with E-state index in [0.29, 0.717) is 12.8 Å². The van der Waals surface area contributed by atoms with Crippen molar-refractivity contribution in [2.45, 2.75) is 32.1 Å². The van der Waals surface area contributed by atoms with Crippen molar-refractivity contribution >= 4 is 0 Å². The highest BCUT2D eigenvalue weighted by molar-refractivity contribution is 5.27. The Labute approximate surface area is 71.1 Å². The highest BCUT2D eigenvalue weighted by atomic mass is 14.1. The Bertz CT molecular complexity index is 276. The lowest BCUT2D eigenvalue weighted by Gasteiger charge is -2.02. The topological polar surface area (TPSA) is 0 Å². The van der Waals surface area contributed by atoms with Crippen molar-refractivity contribution in [1.29, 1.82) is 0 Å². The molecule has 58 valence electrons. The average Bonchev–Trinajstić information content (AvgIpc) is 2.27. The first kappa shape index (κ1) is 4.97. The largest absolute Gasteiger partial charge is 0.0620 e. The average molecular weight is 148 g/mol. The van der Waals surface area contributed by atoms with Crippen LogP contribution in [0.2, 0.25) is 0 Å². The van der Waals surface area contributed by atoms with E-state index < -0.39 is 6.37 Å². The summed E-state index contributed by atoms with van der Waals surface area (Å²) in [6.45, 7) is 0. The van der Waals surface area contributed by atoms with Crippen LogP contribution >= 0.6 is 0 Å². The summed E-state index contributed by atoms with van der Waals surface area (Å²) in [6, 6.07) is 8.33. The van der Waals surface area contributed by atoms with Crippen LogP contribution in [0, 0.1) is 0 Å². The third kappa shape index (κ3) is 1.45. The second-order valence-electron chi connectivity index (χ2n) is 3.02. The van der Waals surface area contributed by atoms with E-state index in [1.165, 1.54) is 11.1 Å². The van der Waals surface area contributed by atoms with Crippen molar-refractivity contribution in [3.8, 4) is 0 Å². The Balaban J connectivity index is 2.27. The molecule has 0 nitrogen and oxygen atoms in total. The fraction of sp³-hybridized carbons (Fsp3) is 0.455. The van der Waals surface area contributed by atoms with E-state index >= 15 is 0 Å². The zero-order valence-electron chi connectivity index (χ0n) is 8.64. The molecule has 0 heterocycles. The van der Waals surface area contributed by atoms with Crippen molar-refractivity contribution in [3.63, 3.8) is 0 Å². The minimum Gasteiger partial charge on any atom is -0.0620 e. The standard InChI is InChI=1S/C11H14/c1-2-6-10-8-4-5-9-11(10)7-3-1/h4-5,8-9H,1-3,6-7H2/i1D2. The molecule has 0 amide bonds. The monoisotopic (exact) mass is 148 g/mol. The fourth-order valence-corrected chi connectivity index (χ4v) is 1.62. The van der Waals surface area contributed by atoms with E-state index in [1.807, 2.05) is 12.1 Å². The Morgan fingerprint density at radius 3 is 2.09 bits per heavy atom. The highest BCUT2D eigenvalue weighted by Crippen LogP contribution is 2.19. The number of aryl methyl sites for hydroxylation is 2. The third-order valence-corrected chi connectivity index (χ3v) is 2.26. The second kappa shape index (κ2) is 3.08. The van der Waals surface area contributed by atoms with Crippen LogP contribution < -0.4 is 0 Å². The number of benzene rings is 1. The van der Waals surface area contributed by atoms with Gasteiger partial charge in [-0.05, 0) is 36.8 Å². The van der Waals surface area contributed by atoms with Crippen LogP contribution in [0.5, 0.6) is 0 Å². The summed E-state index contributed by atoms with van der Waals surface area (Å²) in [7, 11) is 0. The van der Waals surface area contributed by atoms with Crippen LogP contribution in [0.3, 0.4) is 0 Å². The van der Waals surface area contributed by atoms with Gasteiger partial charge in [0.1, 0.15) is 0 Å². The molecule has 0 N–H and O–H groups in total. The molecule has 11 heavy (non-hydrogen) atoms. The van der Waals surface area contributed by atoms with Crippen LogP contribution in [0.4, 0.5) is 0 Å². The zero-order valence-corrected chi connectivity index (χ0v) is 6.64. The molecule has 0 radical (unpaired) electrons. The van der Waals surface area contributed by atoms with Crippen LogP contribution in [0.25, 0.3) is 0 Å². The van der Waals surface area contributed by atoms with E-state index in [-0.39, 0.29) is 0 Å². The van der Waals surface area contributed by atoms with Gasteiger partial charge in [-0.15, -0.1) is 0 Å². The number of rotatable bonds is 0. The predicted octanol–water partition coefficient (Wildman–Crippen LogP) is 2.96. The van der Waals surface area contributed by atoms with Gasteiger partial charge in [0, 0.05) is 2.74 Å². The van der Waals surface area contributed by atoms with Crippen LogP contribution in [0.15, 0.2) is 24.3 Å². The molecular formula is C11H14. The lowest BCUT2D eigenvalue weighted by molar-refractivity contribution is 0.711. The predicted molar refractivity (Wildman–Crippen MR) is 47.7 cm³/mol. The van der Waals surface area contributed by atoms with Crippen molar-refractivity contribution < 1.29 is 2.74 Å². The molecule has 1 aliphatic carbocycles. The summed E-state index contributed by atoms with van der Waals surface area (Å²) in [5, 5.41) is 0. The Morgan fingerprint density at radius 1 is 1.00 bits per heavy atom. The molecule has 0 saturated heterocycles. The summed E-state index contributed by atoms with van der Waals surface area (Å²) < 4.78 is 15.4. The summed E-state index contributed by atoms with van der Waals surface area (Å²) in [5.41, 5.74) is 2.67. The molecule has 0 fully saturated rings. The lowest BCUT2D eigenvalue weighted by Crippen LogP contribution is -1.88. The molecule has 0 bridgehead atoms.